The zero-order valence-corrected chi connectivity index (χ0v) is 29.1. The number of pyridine rings is 2. The van der Waals surface area contributed by atoms with Gasteiger partial charge >= 0.3 is 0 Å². The predicted molar refractivity (Wildman–Crippen MR) is 221 cm³/mol. The molecule has 10 aromatic rings. The van der Waals surface area contributed by atoms with E-state index < -0.39 is 0 Å². The first-order valence-electron chi connectivity index (χ1n) is 18.0. The van der Waals surface area contributed by atoms with Gasteiger partial charge in [-0.3, -0.25) is 9.97 Å². The highest BCUT2D eigenvalue weighted by Crippen LogP contribution is 2.33. The first-order chi connectivity index (χ1) is 26.7. The van der Waals surface area contributed by atoms with E-state index in [0.717, 1.165) is 66.3 Å². The van der Waals surface area contributed by atoms with Crippen LogP contribution in [-0.4, -0.2) is 24.9 Å². The van der Waals surface area contributed by atoms with Crippen LogP contribution in [0.1, 0.15) is 0 Å². The van der Waals surface area contributed by atoms with Crippen LogP contribution in [0.15, 0.2) is 188 Å². The maximum atomic E-state index is 5.05. The molecule has 0 bridgehead atoms. The van der Waals surface area contributed by atoms with Crippen LogP contribution < -0.4 is 0 Å². The Morgan fingerprint density at radius 1 is 0.278 bits per heavy atom. The first kappa shape index (κ1) is 31.4. The molecule has 252 valence electrons. The molecule has 5 nitrogen and oxygen atoms in total. The molecule has 0 aliphatic heterocycles. The van der Waals surface area contributed by atoms with Crippen LogP contribution in [0, 0.1) is 0 Å². The van der Waals surface area contributed by atoms with Crippen molar-refractivity contribution in [3.05, 3.63) is 188 Å². The van der Waals surface area contributed by atoms with Gasteiger partial charge in [0.25, 0.3) is 0 Å². The van der Waals surface area contributed by atoms with Gasteiger partial charge in [-0.2, -0.15) is 0 Å². The molecule has 0 spiro atoms. The van der Waals surface area contributed by atoms with Crippen LogP contribution in [0.3, 0.4) is 0 Å². The molecule has 0 aliphatic carbocycles. The molecule has 5 heteroatoms. The zero-order valence-electron chi connectivity index (χ0n) is 29.1. The molecule has 7 aromatic carbocycles. The average Bonchev–Trinajstić information content (AvgIpc) is 3.26. The van der Waals surface area contributed by atoms with E-state index >= 15 is 0 Å². The van der Waals surface area contributed by atoms with E-state index in [1.807, 2.05) is 48.8 Å². The van der Waals surface area contributed by atoms with Crippen LogP contribution in [0.25, 0.3) is 100 Å². The van der Waals surface area contributed by atoms with E-state index in [1.165, 1.54) is 16.3 Å². The van der Waals surface area contributed by atoms with Crippen LogP contribution in [0.4, 0.5) is 0 Å². The van der Waals surface area contributed by atoms with Crippen molar-refractivity contribution < 1.29 is 0 Å². The topological polar surface area (TPSA) is 64.5 Å². The van der Waals surface area contributed by atoms with E-state index in [1.54, 1.807) is 0 Å². The summed E-state index contributed by atoms with van der Waals surface area (Å²) in [5.74, 6) is 1.84. The predicted octanol–water partition coefficient (Wildman–Crippen LogP) is 12.1. The molecule has 0 atom stereocenters. The third-order valence-corrected chi connectivity index (χ3v) is 10.0. The molecule has 0 N–H and O–H groups in total. The van der Waals surface area contributed by atoms with E-state index in [2.05, 4.69) is 149 Å². The number of para-hydroxylation sites is 2. The van der Waals surface area contributed by atoms with Crippen molar-refractivity contribution >= 4 is 32.6 Å². The summed E-state index contributed by atoms with van der Waals surface area (Å²) in [4.78, 5) is 24.5. The number of fused-ring (bicyclic) bond motifs is 3. The fraction of sp³-hybridized carbons (Fsp3) is 0. The van der Waals surface area contributed by atoms with Crippen molar-refractivity contribution in [3.63, 3.8) is 0 Å². The van der Waals surface area contributed by atoms with Crippen molar-refractivity contribution in [3.8, 4) is 67.5 Å². The van der Waals surface area contributed by atoms with E-state index in [4.69, 9.17) is 15.0 Å². The summed E-state index contributed by atoms with van der Waals surface area (Å²) < 4.78 is 0. The van der Waals surface area contributed by atoms with Crippen molar-refractivity contribution in [2.75, 3.05) is 0 Å². The van der Waals surface area contributed by atoms with Crippen LogP contribution in [0.5, 0.6) is 0 Å². The summed E-state index contributed by atoms with van der Waals surface area (Å²) in [5.41, 5.74) is 11.3. The van der Waals surface area contributed by atoms with Gasteiger partial charge in [0.2, 0.25) is 0 Å². The average molecular weight is 690 g/mol. The lowest BCUT2D eigenvalue weighted by molar-refractivity contribution is 1.07. The number of nitrogens with zero attached hydrogens (tertiary/aromatic N) is 5. The van der Waals surface area contributed by atoms with Gasteiger partial charge in [0.05, 0.1) is 11.0 Å². The molecule has 3 heterocycles. The lowest BCUT2D eigenvalue weighted by Gasteiger charge is -2.11. The van der Waals surface area contributed by atoms with Crippen LogP contribution in [-0.2, 0) is 0 Å². The van der Waals surface area contributed by atoms with Crippen molar-refractivity contribution in [1.82, 2.24) is 24.9 Å². The van der Waals surface area contributed by atoms with Gasteiger partial charge in [0, 0.05) is 51.0 Å². The standard InChI is InChI=1S/C49H31N5/c1-4-12-43-34(8-1)11-7-13-44(43)35-20-26-38(27-21-35)49-53-47(36-22-16-32(17-23-36)41-28-39-9-2-5-14-45(39)50-30-41)52-48(54-49)37-24-18-33(19-25-37)42-29-40-10-3-6-15-46(40)51-31-42/h1-31H. The largest absolute Gasteiger partial charge is 0.256 e. The number of rotatable bonds is 6. The number of hydrogen-bond donors (Lipinski definition) is 0. The van der Waals surface area contributed by atoms with Crippen molar-refractivity contribution in [1.29, 1.82) is 0 Å². The smallest absolute Gasteiger partial charge is 0.164 e. The molecule has 0 unspecified atom stereocenters. The van der Waals surface area contributed by atoms with Crippen molar-refractivity contribution in [2.45, 2.75) is 0 Å². The molecule has 0 amide bonds. The lowest BCUT2D eigenvalue weighted by atomic mass is 9.97. The van der Waals surface area contributed by atoms with Gasteiger partial charge in [-0.25, -0.2) is 15.0 Å². The number of aromatic nitrogens is 5. The molecular formula is C49H31N5. The van der Waals surface area contributed by atoms with Crippen molar-refractivity contribution in [2.24, 2.45) is 0 Å². The molecule has 54 heavy (non-hydrogen) atoms. The Hall–Kier alpha value is -7.37. The summed E-state index contributed by atoms with van der Waals surface area (Å²) in [7, 11) is 0. The minimum atomic E-state index is 0.610. The van der Waals surface area contributed by atoms with Crippen LogP contribution in [0.2, 0.25) is 0 Å². The minimum absolute atomic E-state index is 0.610. The Morgan fingerprint density at radius 2 is 0.667 bits per heavy atom. The maximum Gasteiger partial charge on any atom is 0.164 e. The third kappa shape index (κ3) is 5.94. The summed E-state index contributed by atoms with van der Waals surface area (Å²) in [6.45, 7) is 0. The summed E-state index contributed by atoms with van der Waals surface area (Å²) >= 11 is 0. The number of hydrogen-bond acceptors (Lipinski definition) is 5. The molecule has 0 radical (unpaired) electrons. The maximum absolute atomic E-state index is 5.05. The second kappa shape index (κ2) is 13.3. The third-order valence-electron chi connectivity index (χ3n) is 10.0. The fourth-order valence-corrected chi connectivity index (χ4v) is 7.12. The normalized spacial score (nSPS) is 11.3. The molecule has 0 fully saturated rings. The monoisotopic (exact) mass is 689 g/mol. The fourth-order valence-electron chi connectivity index (χ4n) is 7.12. The Kier molecular flexibility index (Phi) is 7.73. The Morgan fingerprint density at radius 3 is 1.17 bits per heavy atom. The Labute approximate surface area is 312 Å². The quantitative estimate of drug-likeness (QED) is 0.174. The first-order valence-corrected chi connectivity index (χ1v) is 18.0. The summed E-state index contributed by atoms with van der Waals surface area (Å²) in [6, 6.07) is 60.9. The lowest BCUT2D eigenvalue weighted by Crippen LogP contribution is -2.00. The summed E-state index contributed by atoms with van der Waals surface area (Å²) in [5, 5.41) is 4.67. The second-order valence-electron chi connectivity index (χ2n) is 13.4. The SMILES string of the molecule is c1ccc2ncc(-c3ccc(-c4nc(-c5ccc(-c6cnc7ccccc7c6)cc5)nc(-c5ccc(-c6cccc7ccccc67)cc5)n4)cc3)cc2c1. The molecule has 0 aliphatic rings. The van der Waals surface area contributed by atoms with Gasteiger partial charge < -0.3 is 0 Å². The van der Waals surface area contributed by atoms with E-state index in [0.29, 0.717) is 17.5 Å². The van der Waals surface area contributed by atoms with E-state index in [-0.39, 0.29) is 0 Å². The second-order valence-corrected chi connectivity index (χ2v) is 13.4. The van der Waals surface area contributed by atoms with Gasteiger partial charge in [-0.1, -0.05) is 152 Å². The van der Waals surface area contributed by atoms with Gasteiger partial charge in [-0.05, 0) is 57.3 Å². The molecular weight excluding hydrogens is 659 g/mol. The molecule has 0 saturated carbocycles. The van der Waals surface area contributed by atoms with Gasteiger partial charge in [-0.15, -0.1) is 0 Å². The Balaban J connectivity index is 1.03. The van der Waals surface area contributed by atoms with Gasteiger partial charge in [0.1, 0.15) is 0 Å². The van der Waals surface area contributed by atoms with E-state index in [9.17, 15) is 0 Å². The molecule has 10 rings (SSSR count). The molecule has 0 saturated heterocycles. The van der Waals surface area contributed by atoms with Crippen LogP contribution >= 0.6 is 0 Å². The number of benzene rings is 7. The minimum Gasteiger partial charge on any atom is -0.256 e. The van der Waals surface area contributed by atoms with Gasteiger partial charge in [0.15, 0.2) is 17.5 Å². The Bertz CT molecular complexity index is 2830. The highest BCUT2D eigenvalue weighted by atomic mass is 15.0. The zero-order chi connectivity index (χ0) is 35.8. The molecule has 3 aromatic heterocycles. The summed E-state index contributed by atoms with van der Waals surface area (Å²) in [6.07, 6.45) is 3.85. The highest BCUT2D eigenvalue weighted by Gasteiger charge is 2.14. The highest BCUT2D eigenvalue weighted by molar-refractivity contribution is 5.97.